The van der Waals surface area contributed by atoms with Crippen LogP contribution in [0, 0.1) is 18.3 Å². The molecule has 1 N–H and O–H groups in total. The first-order chi connectivity index (χ1) is 8.54. The molecule has 0 fully saturated rings. The third kappa shape index (κ3) is 1.84. The van der Waals surface area contributed by atoms with Gasteiger partial charge in [-0.05, 0) is 19.1 Å². The quantitative estimate of drug-likeness (QED) is 0.871. The van der Waals surface area contributed by atoms with Crippen molar-refractivity contribution in [3.8, 4) is 17.5 Å². The van der Waals surface area contributed by atoms with E-state index < -0.39 is 5.97 Å². The summed E-state index contributed by atoms with van der Waals surface area (Å²) in [7, 11) is 1.65. The minimum absolute atomic E-state index is 0.160. The summed E-state index contributed by atoms with van der Waals surface area (Å²) in [5.41, 5.74) is 1.87. The molecule has 0 spiro atoms. The highest BCUT2D eigenvalue weighted by Crippen LogP contribution is 2.22. The number of aromatic nitrogens is 2. The number of nitriles is 1. The van der Waals surface area contributed by atoms with Crippen LogP contribution in [0.3, 0.4) is 0 Å². The number of benzene rings is 1. The molecule has 5 heteroatoms. The minimum Gasteiger partial charge on any atom is -0.477 e. The Morgan fingerprint density at radius 1 is 1.50 bits per heavy atom. The second-order valence-corrected chi connectivity index (χ2v) is 3.93. The molecular formula is C13H11N3O2. The van der Waals surface area contributed by atoms with E-state index in [4.69, 9.17) is 10.4 Å². The summed E-state index contributed by atoms with van der Waals surface area (Å²) in [6, 6.07) is 8.98. The van der Waals surface area contributed by atoms with Gasteiger partial charge in [0.15, 0.2) is 0 Å². The van der Waals surface area contributed by atoms with E-state index in [9.17, 15) is 4.79 Å². The van der Waals surface area contributed by atoms with Crippen molar-refractivity contribution in [2.24, 2.45) is 7.05 Å². The standard InChI is InChI=1S/C13H11N3O2/c1-8-11(13(17)18)16(2)12(15-8)10-5-3-4-9(6-10)7-14/h3-6H,1-2H3,(H,17,18). The van der Waals surface area contributed by atoms with E-state index in [0.717, 1.165) is 5.56 Å². The van der Waals surface area contributed by atoms with Crippen molar-refractivity contribution in [1.82, 2.24) is 9.55 Å². The maximum Gasteiger partial charge on any atom is 0.354 e. The van der Waals surface area contributed by atoms with Gasteiger partial charge in [0.2, 0.25) is 0 Å². The van der Waals surface area contributed by atoms with Crippen LogP contribution in [-0.2, 0) is 7.05 Å². The van der Waals surface area contributed by atoms with Gasteiger partial charge in [-0.15, -0.1) is 0 Å². The lowest BCUT2D eigenvalue weighted by Crippen LogP contribution is -2.06. The highest BCUT2D eigenvalue weighted by atomic mass is 16.4. The molecule has 90 valence electrons. The van der Waals surface area contributed by atoms with Crippen molar-refractivity contribution in [3.05, 3.63) is 41.2 Å². The lowest BCUT2D eigenvalue weighted by atomic mass is 10.1. The van der Waals surface area contributed by atoms with Gasteiger partial charge >= 0.3 is 5.97 Å². The first kappa shape index (κ1) is 11.9. The van der Waals surface area contributed by atoms with Gasteiger partial charge in [0, 0.05) is 12.6 Å². The molecule has 0 aliphatic heterocycles. The molecule has 18 heavy (non-hydrogen) atoms. The molecule has 0 atom stereocenters. The SMILES string of the molecule is Cc1nc(-c2cccc(C#N)c2)n(C)c1C(=O)O. The zero-order valence-electron chi connectivity index (χ0n) is 10.0. The number of imidazole rings is 1. The van der Waals surface area contributed by atoms with Crippen molar-refractivity contribution in [2.75, 3.05) is 0 Å². The van der Waals surface area contributed by atoms with E-state index in [-0.39, 0.29) is 5.69 Å². The smallest absolute Gasteiger partial charge is 0.354 e. The molecule has 1 aromatic carbocycles. The van der Waals surface area contributed by atoms with Crippen LogP contribution in [0.1, 0.15) is 21.7 Å². The van der Waals surface area contributed by atoms with Gasteiger partial charge in [-0.1, -0.05) is 12.1 Å². The summed E-state index contributed by atoms with van der Waals surface area (Å²) in [5, 5.41) is 17.9. The molecule has 0 saturated heterocycles. The Labute approximate surface area is 104 Å². The number of rotatable bonds is 2. The Morgan fingerprint density at radius 3 is 2.78 bits per heavy atom. The number of carbonyl (C=O) groups is 1. The molecule has 0 unspecified atom stereocenters. The van der Waals surface area contributed by atoms with Gasteiger partial charge < -0.3 is 9.67 Å². The molecule has 0 aliphatic carbocycles. The van der Waals surface area contributed by atoms with Gasteiger partial charge in [-0.25, -0.2) is 9.78 Å². The monoisotopic (exact) mass is 241 g/mol. The molecule has 1 heterocycles. The zero-order chi connectivity index (χ0) is 13.3. The third-order valence-corrected chi connectivity index (χ3v) is 2.72. The molecule has 1 aromatic heterocycles. The fraction of sp³-hybridized carbons (Fsp3) is 0.154. The maximum absolute atomic E-state index is 11.1. The van der Waals surface area contributed by atoms with Crippen LogP contribution < -0.4 is 0 Å². The summed E-state index contributed by atoms with van der Waals surface area (Å²) in [5.74, 6) is -0.466. The van der Waals surface area contributed by atoms with Gasteiger partial charge in [0.05, 0.1) is 17.3 Å². The van der Waals surface area contributed by atoms with Crippen LogP contribution >= 0.6 is 0 Å². The Balaban J connectivity index is 2.62. The molecule has 0 saturated carbocycles. The van der Waals surface area contributed by atoms with Crippen molar-refractivity contribution >= 4 is 5.97 Å². The lowest BCUT2D eigenvalue weighted by molar-refractivity contribution is 0.0686. The van der Waals surface area contributed by atoms with Crippen LogP contribution in [-0.4, -0.2) is 20.6 Å². The second-order valence-electron chi connectivity index (χ2n) is 3.93. The third-order valence-electron chi connectivity index (χ3n) is 2.72. The average molecular weight is 241 g/mol. The molecule has 5 nitrogen and oxygen atoms in total. The number of hydrogen-bond acceptors (Lipinski definition) is 3. The van der Waals surface area contributed by atoms with Gasteiger partial charge in [0.25, 0.3) is 0 Å². The summed E-state index contributed by atoms with van der Waals surface area (Å²) in [6.45, 7) is 1.65. The van der Waals surface area contributed by atoms with Gasteiger partial charge in [-0.2, -0.15) is 5.26 Å². The highest BCUT2D eigenvalue weighted by molar-refractivity contribution is 5.88. The second kappa shape index (κ2) is 4.34. The molecule has 0 aliphatic rings. The van der Waals surface area contributed by atoms with E-state index in [1.807, 2.05) is 6.07 Å². The molecular weight excluding hydrogens is 230 g/mol. The van der Waals surface area contributed by atoms with Gasteiger partial charge in [-0.3, -0.25) is 0 Å². The topological polar surface area (TPSA) is 78.9 Å². The Kier molecular flexibility index (Phi) is 2.86. The van der Waals surface area contributed by atoms with Crippen LogP contribution in [0.4, 0.5) is 0 Å². The Hall–Kier alpha value is -2.61. The van der Waals surface area contributed by atoms with Crippen LogP contribution in [0.5, 0.6) is 0 Å². The van der Waals surface area contributed by atoms with Gasteiger partial charge in [0.1, 0.15) is 11.5 Å². The van der Waals surface area contributed by atoms with E-state index >= 15 is 0 Å². The summed E-state index contributed by atoms with van der Waals surface area (Å²) >= 11 is 0. The Morgan fingerprint density at radius 2 is 2.22 bits per heavy atom. The molecule has 0 radical (unpaired) electrons. The largest absolute Gasteiger partial charge is 0.477 e. The number of carboxylic acid groups (broad SMARTS) is 1. The predicted octanol–water partition coefficient (Wildman–Crippen LogP) is 1.97. The van der Waals surface area contributed by atoms with E-state index in [1.165, 1.54) is 4.57 Å². The van der Waals surface area contributed by atoms with Crippen LogP contribution in [0.15, 0.2) is 24.3 Å². The van der Waals surface area contributed by atoms with Crippen LogP contribution in [0.2, 0.25) is 0 Å². The highest BCUT2D eigenvalue weighted by Gasteiger charge is 2.18. The number of hydrogen-bond donors (Lipinski definition) is 1. The fourth-order valence-electron chi connectivity index (χ4n) is 1.92. The van der Waals surface area contributed by atoms with E-state index in [1.54, 1.807) is 38.2 Å². The maximum atomic E-state index is 11.1. The number of nitrogens with zero attached hydrogens (tertiary/aromatic N) is 3. The first-order valence-corrected chi connectivity index (χ1v) is 5.31. The summed E-state index contributed by atoms with van der Waals surface area (Å²) in [6.07, 6.45) is 0. The number of aryl methyl sites for hydroxylation is 1. The predicted molar refractivity (Wildman–Crippen MR) is 65.1 cm³/mol. The number of carboxylic acids is 1. The Bertz CT molecular complexity index is 665. The number of aromatic carboxylic acids is 1. The average Bonchev–Trinajstić information content (AvgIpc) is 2.65. The summed E-state index contributed by atoms with van der Waals surface area (Å²) in [4.78, 5) is 15.3. The molecule has 2 rings (SSSR count). The molecule has 0 amide bonds. The molecule has 0 bridgehead atoms. The van der Waals surface area contributed by atoms with Crippen molar-refractivity contribution in [1.29, 1.82) is 5.26 Å². The summed E-state index contributed by atoms with van der Waals surface area (Å²) < 4.78 is 1.52. The zero-order valence-corrected chi connectivity index (χ0v) is 10.0. The van der Waals surface area contributed by atoms with E-state index in [0.29, 0.717) is 17.1 Å². The fourth-order valence-corrected chi connectivity index (χ4v) is 1.92. The first-order valence-electron chi connectivity index (χ1n) is 5.31. The van der Waals surface area contributed by atoms with Crippen molar-refractivity contribution < 1.29 is 9.90 Å². The minimum atomic E-state index is -1.01. The van der Waals surface area contributed by atoms with Crippen molar-refractivity contribution in [3.63, 3.8) is 0 Å². The normalized spacial score (nSPS) is 10.1. The lowest BCUT2D eigenvalue weighted by Gasteiger charge is -2.03. The molecule has 2 aromatic rings. The van der Waals surface area contributed by atoms with Crippen molar-refractivity contribution in [2.45, 2.75) is 6.92 Å². The van der Waals surface area contributed by atoms with E-state index in [2.05, 4.69) is 4.98 Å². The van der Waals surface area contributed by atoms with Crippen LogP contribution in [0.25, 0.3) is 11.4 Å².